The second kappa shape index (κ2) is 4.45. The van der Waals surface area contributed by atoms with Crippen LogP contribution in [-0.4, -0.2) is 6.26 Å². The van der Waals surface area contributed by atoms with E-state index < -0.39 is 0 Å². The van der Waals surface area contributed by atoms with Crippen molar-refractivity contribution in [2.75, 3.05) is 6.26 Å². The molecule has 0 bridgehead atoms. The summed E-state index contributed by atoms with van der Waals surface area (Å²) in [7, 11) is 0. The standard InChI is InChI=1S/C10H14S/c1-3-10(11-2)9-7-5-4-6-8-9/h4-8,10H,3H2,1-2H3. The number of benzene rings is 1. The highest BCUT2D eigenvalue weighted by atomic mass is 32.2. The lowest BCUT2D eigenvalue weighted by molar-refractivity contribution is 0.898. The first-order valence-electron chi connectivity index (χ1n) is 3.96. The molecule has 0 aliphatic rings. The van der Waals surface area contributed by atoms with E-state index in [1.54, 1.807) is 0 Å². The fraction of sp³-hybridized carbons (Fsp3) is 0.400. The maximum Gasteiger partial charge on any atom is 0.0291 e. The SMILES string of the molecule is CCC(SC)c1ccccc1. The first kappa shape index (κ1) is 8.66. The normalized spacial score (nSPS) is 12.9. The first-order chi connectivity index (χ1) is 5.38. The van der Waals surface area contributed by atoms with E-state index in [1.807, 2.05) is 11.8 Å². The molecule has 0 spiro atoms. The van der Waals surface area contributed by atoms with Gasteiger partial charge in [0, 0.05) is 5.25 Å². The van der Waals surface area contributed by atoms with Crippen molar-refractivity contribution in [2.45, 2.75) is 18.6 Å². The van der Waals surface area contributed by atoms with E-state index in [0.29, 0.717) is 5.25 Å². The summed E-state index contributed by atoms with van der Waals surface area (Å²) in [6, 6.07) is 10.7. The van der Waals surface area contributed by atoms with E-state index in [2.05, 4.69) is 43.5 Å². The van der Waals surface area contributed by atoms with Crippen LogP contribution in [0, 0.1) is 0 Å². The number of hydrogen-bond donors (Lipinski definition) is 0. The molecule has 0 aromatic heterocycles. The molecule has 0 heterocycles. The van der Waals surface area contributed by atoms with E-state index in [-0.39, 0.29) is 0 Å². The molecule has 0 nitrogen and oxygen atoms in total. The molecule has 1 rings (SSSR count). The van der Waals surface area contributed by atoms with Gasteiger partial charge in [0.05, 0.1) is 0 Å². The zero-order valence-electron chi connectivity index (χ0n) is 7.08. The summed E-state index contributed by atoms with van der Waals surface area (Å²) in [5, 5.41) is 0.677. The van der Waals surface area contributed by atoms with Crippen LogP contribution in [0.25, 0.3) is 0 Å². The molecule has 1 aromatic carbocycles. The van der Waals surface area contributed by atoms with Crippen LogP contribution in [0.3, 0.4) is 0 Å². The summed E-state index contributed by atoms with van der Waals surface area (Å²) < 4.78 is 0. The predicted molar refractivity (Wildman–Crippen MR) is 53.0 cm³/mol. The van der Waals surface area contributed by atoms with Crippen LogP contribution in [-0.2, 0) is 0 Å². The van der Waals surface area contributed by atoms with E-state index in [4.69, 9.17) is 0 Å². The third-order valence-electron chi connectivity index (χ3n) is 1.83. The molecule has 60 valence electrons. The zero-order valence-corrected chi connectivity index (χ0v) is 7.90. The van der Waals surface area contributed by atoms with Crippen molar-refractivity contribution in [3.05, 3.63) is 35.9 Å². The molecule has 11 heavy (non-hydrogen) atoms. The van der Waals surface area contributed by atoms with Crippen LogP contribution >= 0.6 is 11.8 Å². The number of thioether (sulfide) groups is 1. The Morgan fingerprint density at radius 1 is 1.27 bits per heavy atom. The molecule has 1 atom stereocenters. The highest BCUT2D eigenvalue weighted by Gasteiger charge is 2.04. The Bertz CT molecular complexity index is 189. The Labute approximate surface area is 73.0 Å². The van der Waals surface area contributed by atoms with Crippen molar-refractivity contribution in [3.8, 4) is 0 Å². The molecule has 0 aliphatic heterocycles. The molecule has 0 radical (unpaired) electrons. The molecule has 0 saturated heterocycles. The van der Waals surface area contributed by atoms with Gasteiger partial charge in [-0.15, -0.1) is 0 Å². The van der Waals surface area contributed by atoms with Crippen LogP contribution < -0.4 is 0 Å². The van der Waals surface area contributed by atoms with Crippen LogP contribution in [0.1, 0.15) is 24.2 Å². The summed E-state index contributed by atoms with van der Waals surface area (Å²) in [6.45, 7) is 2.23. The van der Waals surface area contributed by atoms with Crippen molar-refractivity contribution in [1.29, 1.82) is 0 Å². The van der Waals surface area contributed by atoms with Gasteiger partial charge in [-0.3, -0.25) is 0 Å². The van der Waals surface area contributed by atoms with E-state index in [1.165, 1.54) is 12.0 Å². The fourth-order valence-corrected chi connectivity index (χ4v) is 1.97. The third-order valence-corrected chi connectivity index (χ3v) is 3.00. The lowest BCUT2D eigenvalue weighted by atomic mass is 10.1. The fourth-order valence-electron chi connectivity index (χ4n) is 1.21. The number of rotatable bonds is 3. The van der Waals surface area contributed by atoms with Gasteiger partial charge < -0.3 is 0 Å². The van der Waals surface area contributed by atoms with Crippen molar-refractivity contribution in [3.63, 3.8) is 0 Å². The minimum Gasteiger partial charge on any atom is -0.157 e. The molecule has 0 amide bonds. The highest BCUT2D eigenvalue weighted by Crippen LogP contribution is 2.28. The van der Waals surface area contributed by atoms with Gasteiger partial charge in [0.2, 0.25) is 0 Å². The summed E-state index contributed by atoms with van der Waals surface area (Å²) in [5.41, 5.74) is 1.45. The van der Waals surface area contributed by atoms with E-state index in [0.717, 1.165) is 0 Å². The Hall–Kier alpha value is -0.430. The molecule has 0 N–H and O–H groups in total. The monoisotopic (exact) mass is 166 g/mol. The van der Waals surface area contributed by atoms with Gasteiger partial charge in [-0.2, -0.15) is 11.8 Å². The molecule has 1 heteroatoms. The average Bonchev–Trinajstić information content (AvgIpc) is 2.09. The molecule has 0 saturated carbocycles. The third kappa shape index (κ3) is 2.26. The van der Waals surface area contributed by atoms with E-state index in [9.17, 15) is 0 Å². The molecule has 1 aromatic rings. The van der Waals surface area contributed by atoms with Gasteiger partial charge in [0.15, 0.2) is 0 Å². The molecule has 0 fully saturated rings. The van der Waals surface area contributed by atoms with E-state index >= 15 is 0 Å². The van der Waals surface area contributed by atoms with Crippen LogP contribution in [0.4, 0.5) is 0 Å². The Balaban J connectivity index is 2.74. The Morgan fingerprint density at radius 2 is 1.91 bits per heavy atom. The summed E-state index contributed by atoms with van der Waals surface area (Å²) >= 11 is 1.92. The molecular formula is C10H14S. The minimum absolute atomic E-state index is 0.677. The van der Waals surface area contributed by atoms with Gasteiger partial charge in [0.1, 0.15) is 0 Å². The predicted octanol–water partition coefficient (Wildman–Crippen LogP) is 3.50. The van der Waals surface area contributed by atoms with Gasteiger partial charge in [-0.25, -0.2) is 0 Å². The average molecular weight is 166 g/mol. The van der Waals surface area contributed by atoms with Crippen LogP contribution in [0.2, 0.25) is 0 Å². The maximum absolute atomic E-state index is 2.23. The summed E-state index contributed by atoms with van der Waals surface area (Å²) in [5.74, 6) is 0. The van der Waals surface area contributed by atoms with Gasteiger partial charge in [-0.05, 0) is 18.2 Å². The van der Waals surface area contributed by atoms with Crippen molar-refractivity contribution in [2.24, 2.45) is 0 Å². The maximum atomic E-state index is 2.23. The largest absolute Gasteiger partial charge is 0.157 e. The second-order valence-electron chi connectivity index (χ2n) is 2.54. The summed E-state index contributed by atoms with van der Waals surface area (Å²) in [6.07, 6.45) is 3.38. The smallest absolute Gasteiger partial charge is 0.0291 e. The van der Waals surface area contributed by atoms with Crippen molar-refractivity contribution < 1.29 is 0 Å². The number of hydrogen-bond acceptors (Lipinski definition) is 1. The van der Waals surface area contributed by atoms with Crippen molar-refractivity contribution in [1.82, 2.24) is 0 Å². The lowest BCUT2D eigenvalue weighted by Crippen LogP contribution is -1.89. The Morgan fingerprint density at radius 3 is 2.36 bits per heavy atom. The lowest BCUT2D eigenvalue weighted by Gasteiger charge is -2.10. The quantitative estimate of drug-likeness (QED) is 0.662. The topological polar surface area (TPSA) is 0 Å². The summed E-state index contributed by atoms with van der Waals surface area (Å²) in [4.78, 5) is 0. The van der Waals surface area contributed by atoms with Crippen LogP contribution in [0.15, 0.2) is 30.3 Å². The van der Waals surface area contributed by atoms with Gasteiger partial charge in [0.25, 0.3) is 0 Å². The highest BCUT2D eigenvalue weighted by molar-refractivity contribution is 7.98. The zero-order chi connectivity index (χ0) is 8.10. The van der Waals surface area contributed by atoms with Crippen molar-refractivity contribution >= 4 is 11.8 Å². The molecule has 1 unspecified atom stereocenters. The molecular weight excluding hydrogens is 152 g/mol. The Kier molecular flexibility index (Phi) is 3.50. The second-order valence-corrected chi connectivity index (χ2v) is 3.58. The molecule has 0 aliphatic carbocycles. The minimum atomic E-state index is 0.677. The van der Waals surface area contributed by atoms with Gasteiger partial charge >= 0.3 is 0 Å². The van der Waals surface area contributed by atoms with Gasteiger partial charge in [-0.1, -0.05) is 37.3 Å². The van der Waals surface area contributed by atoms with Crippen LogP contribution in [0.5, 0.6) is 0 Å². The first-order valence-corrected chi connectivity index (χ1v) is 5.25.